The minimum atomic E-state index is -0.159. The van der Waals surface area contributed by atoms with Gasteiger partial charge in [-0.05, 0) is 48.5 Å². The van der Waals surface area contributed by atoms with E-state index in [1.807, 2.05) is 12.1 Å². The van der Waals surface area contributed by atoms with Crippen LogP contribution >= 0.6 is 0 Å². The van der Waals surface area contributed by atoms with Gasteiger partial charge in [0.05, 0.1) is 26.1 Å². The summed E-state index contributed by atoms with van der Waals surface area (Å²) in [5.41, 5.74) is 1.67. The fourth-order valence-corrected chi connectivity index (χ4v) is 2.19. The van der Waals surface area contributed by atoms with Crippen LogP contribution in [0.4, 0.5) is 0 Å². The van der Waals surface area contributed by atoms with E-state index >= 15 is 0 Å². The van der Waals surface area contributed by atoms with E-state index in [0.29, 0.717) is 17.0 Å². The molecule has 0 N–H and O–H groups in total. The number of ether oxygens (including phenoxy) is 2. The van der Waals surface area contributed by atoms with Gasteiger partial charge in [0.1, 0.15) is 17.2 Å². The molecule has 2 aromatic carbocycles. The van der Waals surface area contributed by atoms with Crippen molar-refractivity contribution in [2.45, 2.75) is 0 Å². The van der Waals surface area contributed by atoms with Crippen molar-refractivity contribution in [1.82, 2.24) is 15.0 Å². The van der Waals surface area contributed by atoms with Crippen molar-refractivity contribution in [1.29, 1.82) is 0 Å². The highest BCUT2D eigenvalue weighted by Crippen LogP contribution is 2.18. The molecule has 0 fully saturated rings. The number of hydrogen-bond donors (Lipinski definition) is 0. The quantitative estimate of drug-likeness (QED) is 0.678. The molecule has 0 unspecified atom stereocenters. The van der Waals surface area contributed by atoms with Gasteiger partial charge in [0.25, 0.3) is 0 Å². The number of benzene rings is 2. The van der Waals surface area contributed by atoms with E-state index in [4.69, 9.17) is 9.47 Å². The van der Waals surface area contributed by atoms with Crippen molar-refractivity contribution in [3.8, 4) is 17.2 Å². The summed E-state index contributed by atoms with van der Waals surface area (Å²) in [4.78, 5) is 12.7. The highest BCUT2D eigenvalue weighted by Gasteiger charge is 2.16. The maximum Gasteiger partial charge on any atom is 0.213 e. The minimum Gasteiger partial charge on any atom is -0.497 e. The highest BCUT2D eigenvalue weighted by atomic mass is 16.5. The lowest BCUT2D eigenvalue weighted by atomic mass is 10.1. The smallest absolute Gasteiger partial charge is 0.213 e. The third kappa shape index (κ3) is 2.91. The van der Waals surface area contributed by atoms with E-state index in [-0.39, 0.29) is 5.78 Å². The Morgan fingerprint density at radius 3 is 2.04 bits per heavy atom. The van der Waals surface area contributed by atoms with Crippen molar-refractivity contribution < 1.29 is 14.3 Å². The molecule has 0 aliphatic carbocycles. The minimum absolute atomic E-state index is 0.159. The number of methoxy groups -OCH3 is 2. The molecule has 3 aromatic rings. The lowest BCUT2D eigenvalue weighted by molar-refractivity contribution is 0.103. The van der Waals surface area contributed by atoms with E-state index in [2.05, 4.69) is 10.3 Å². The second-order valence-corrected chi connectivity index (χ2v) is 4.79. The summed E-state index contributed by atoms with van der Waals surface area (Å²) in [6, 6.07) is 14.2. The molecule has 0 spiro atoms. The number of carbonyl (C=O) groups excluding carboxylic acids is 1. The molecule has 1 aromatic heterocycles. The van der Waals surface area contributed by atoms with Crippen molar-refractivity contribution in [2.75, 3.05) is 14.2 Å². The molecule has 6 heteroatoms. The van der Waals surface area contributed by atoms with Gasteiger partial charge in [0.15, 0.2) is 0 Å². The number of carbonyl (C=O) groups is 1. The summed E-state index contributed by atoms with van der Waals surface area (Å²) in [6.07, 6.45) is 1.46. The number of hydrogen-bond acceptors (Lipinski definition) is 5. The molecule has 0 atom stereocenters. The second-order valence-electron chi connectivity index (χ2n) is 4.79. The van der Waals surface area contributed by atoms with Crippen LogP contribution in [0.5, 0.6) is 11.5 Å². The van der Waals surface area contributed by atoms with Gasteiger partial charge < -0.3 is 9.47 Å². The van der Waals surface area contributed by atoms with Crippen LogP contribution in [0.3, 0.4) is 0 Å². The molecule has 3 rings (SSSR count). The molecule has 6 nitrogen and oxygen atoms in total. The molecule has 0 bridgehead atoms. The summed E-state index contributed by atoms with van der Waals surface area (Å²) >= 11 is 0. The van der Waals surface area contributed by atoms with Crippen molar-refractivity contribution in [2.24, 2.45) is 0 Å². The third-order valence-corrected chi connectivity index (χ3v) is 3.45. The van der Waals surface area contributed by atoms with Crippen LogP contribution in [-0.4, -0.2) is 35.0 Å². The Morgan fingerprint density at radius 2 is 1.48 bits per heavy atom. The van der Waals surface area contributed by atoms with Crippen LogP contribution in [0.1, 0.15) is 16.1 Å². The van der Waals surface area contributed by atoms with Gasteiger partial charge in [-0.3, -0.25) is 4.79 Å². The van der Waals surface area contributed by atoms with E-state index < -0.39 is 0 Å². The number of rotatable bonds is 5. The Bertz CT molecular complexity index is 808. The van der Waals surface area contributed by atoms with Crippen LogP contribution in [0.2, 0.25) is 0 Å². The van der Waals surface area contributed by atoms with Gasteiger partial charge in [-0.25, -0.2) is 4.68 Å². The molecular formula is C17H15N3O3. The lowest BCUT2D eigenvalue weighted by Crippen LogP contribution is -2.10. The fraction of sp³-hybridized carbons (Fsp3) is 0.118. The largest absolute Gasteiger partial charge is 0.497 e. The van der Waals surface area contributed by atoms with Gasteiger partial charge in [0, 0.05) is 5.56 Å². The average molecular weight is 309 g/mol. The topological polar surface area (TPSA) is 66.2 Å². The zero-order valence-corrected chi connectivity index (χ0v) is 12.8. The molecule has 0 aliphatic heterocycles. The van der Waals surface area contributed by atoms with Crippen LogP contribution in [0.25, 0.3) is 5.69 Å². The second kappa shape index (κ2) is 6.31. The maximum atomic E-state index is 12.7. The van der Waals surface area contributed by atoms with Crippen molar-refractivity contribution >= 4 is 5.78 Å². The van der Waals surface area contributed by atoms with Crippen molar-refractivity contribution in [3.63, 3.8) is 0 Å². The van der Waals surface area contributed by atoms with Gasteiger partial charge >= 0.3 is 0 Å². The zero-order valence-electron chi connectivity index (χ0n) is 12.8. The Labute approximate surface area is 133 Å². The van der Waals surface area contributed by atoms with E-state index in [1.165, 1.54) is 10.9 Å². The molecule has 1 heterocycles. The normalized spacial score (nSPS) is 10.3. The van der Waals surface area contributed by atoms with Crippen LogP contribution in [-0.2, 0) is 0 Å². The SMILES string of the molecule is COc1ccc(C(=O)c2cnnn2-c2ccc(OC)cc2)cc1. The predicted octanol–water partition coefficient (Wildman–Crippen LogP) is 2.52. The summed E-state index contributed by atoms with van der Waals surface area (Å²) < 4.78 is 11.7. The maximum absolute atomic E-state index is 12.7. The summed E-state index contributed by atoms with van der Waals surface area (Å²) in [7, 11) is 3.18. The first kappa shape index (κ1) is 14.8. The Kier molecular flexibility index (Phi) is 4.05. The Hall–Kier alpha value is -3.15. The molecule has 0 amide bonds. The highest BCUT2D eigenvalue weighted by molar-refractivity contribution is 6.08. The summed E-state index contributed by atoms with van der Waals surface area (Å²) in [5.74, 6) is 1.27. The van der Waals surface area contributed by atoms with E-state index in [9.17, 15) is 4.79 Å². The number of aromatic nitrogens is 3. The predicted molar refractivity (Wildman–Crippen MR) is 84.3 cm³/mol. The molecule has 0 aliphatic rings. The first-order valence-electron chi connectivity index (χ1n) is 6.97. The van der Waals surface area contributed by atoms with Gasteiger partial charge in [-0.2, -0.15) is 0 Å². The average Bonchev–Trinajstić information content (AvgIpc) is 3.11. The van der Waals surface area contributed by atoms with E-state index in [1.54, 1.807) is 50.6 Å². The summed E-state index contributed by atoms with van der Waals surface area (Å²) in [6.45, 7) is 0. The fourth-order valence-electron chi connectivity index (χ4n) is 2.19. The van der Waals surface area contributed by atoms with Gasteiger partial charge in [0.2, 0.25) is 5.78 Å². The standard InChI is InChI=1S/C17H15N3O3/c1-22-14-7-3-12(4-8-14)17(21)16-11-18-19-20(16)13-5-9-15(23-2)10-6-13/h3-11H,1-2H3. The molecular weight excluding hydrogens is 294 g/mol. The zero-order chi connectivity index (χ0) is 16.2. The number of ketones is 1. The Balaban J connectivity index is 1.94. The van der Waals surface area contributed by atoms with Gasteiger partial charge in [-0.15, -0.1) is 5.10 Å². The first-order chi connectivity index (χ1) is 11.2. The molecule has 0 radical (unpaired) electrons. The summed E-state index contributed by atoms with van der Waals surface area (Å²) in [5, 5.41) is 7.86. The molecule has 0 saturated carbocycles. The van der Waals surface area contributed by atoms with Crippen LogP contribution in [0.15, 0.2) is 54.7 Å². The van der Waals surface area contributed by atoms with Crippen molar-refractivity contribution in [3.05, 3.63) is 66.0 Å². The third-order valence-electron chi connectivity index (χ3n) is 3.45. The molecule has 116 valence electrons. The Morgan fingerprint density at radius 1 is 0.913 bits per heavy atom. The van der Waals surface area contributed by atoms with Gasteiger partial charge in [-0.1, -0.05) is 5.21 Å². The monoisotopic (exact) mass is 309 g/mol. The van der Waals surface area contributed by atoms with Crippen LogP contribution < -0.4 is 9.47 Å². The van der Waals surface area contributed by atoms with E-state index in [0.717, 1.165) is 11.4 Å². The van der Waals surface area contributed by atoms with Crippen LogP contribution in [0, 0.1) is 0 Å². The number of nitrogens with zero attached hydrogens (tertiary/aromatic N) is 3. The first-order valence-corrected chi connectivity index (χ1v) is 6.97. The molecule has 23 heavy (non-hydrogen) atoms. The molecule has 0 saturated heterocycles. The lowest BCUT2D eigenvalue weighted by Gasteiger charge is -2.07.